The van der Waals surface area contributed by atoms with Crippen molar-refractivity contribution in [2.75, 3.05) is 19.0 Å². The Morgan fingerprint density at radius 2 is 1.74 bits per heavy atom. The number of H-pyrrole nitrogens is 1. The first-order valence-electron chi connectivity index (χ1n) is 9.81. The summed E-state index contributed by atoms with van der Waals surface area (Å²) in [5.74, 6) is -0.662. The molecular formula is C25H20N2O4. The molecule has 0 saturated carbocycles. The molecule has 0 aliphatic carbocycles. The maximum Gasteiger partial charge on any atom is 0.235 e. The number of nitrogens with one attached hydrogen (secondary N) is 1. The van der Waals surface area contributed by atoms with Gasteiger partial charge in [0.25, 0.3) is 0 Å². The number of anilines is 1. The Hall–Kier alpha value is -4.19. The molecule has 0 radical (unpaired) electrons. The van der Waals surface area contributed by atoms with Gasteiger partial charge in [-0.25, -0.2) is 0 Å². The van der Waals surface area contributed by atoms with E-state index in [0.29, 0.717) is 0 Å². The van der Waals surface area contributed by atoms with Gasteiger partial charge in [0, 0.05) is 48.4 Å². The summed E-state index contributed by atoms with van der Waals surface area (Å²) in [5.41, 5.74) is 4.72. The van der Waals surface area contributed by atoms with E-state index in [0.717, 1.165) is 39.5 Å². The molecular weight excluding hydrogens is 392 g/mol. The SMILES string of the molecule is CN(C)c1ccc(-c2[nH]c3ccccc3c2C=C2Oc3cc(O)cc(O)c3C2=O)cc1. The average Bonchev–Trinajstić information content (AvgIpc) is 3.26. The molecule has 0 unspecified atom stereocenters. The molecule has 0 spiro atoms. The Kier molecular flexibility index (Phi) is 4.22. The highest BCUT2D eigenvalue weighted by Gasteiger charge is 2.32. The highest BCUT2D eigenvalue weighted by Crippen LogP contribution is 2.42. The molecule has 0 saturated heterocycles. The fourth-order valence-electron chi connectivity index (χ4n) is 3.88. The lowest BCUT2D eigenvalue weighted by atomic mass is 10.0. The van der Waals surface area contributed by atoms with Crippen LogP contribution in [-0.2, 0) is 0 Å². The predicted octanol–water partition coefficient (Wildman–Crippen LogP) is 4.93. The number of nitrogens with zero attached hydrogens (tertiary/aromatic N) is 1. The van der Waals surface area contributed by atoms with Crippen LogP contribution < -0.4 is 9.64 Å². The highest BCUT2D eigenvalue weighted by atomic mass is 16.5. The number of phenols is 2. The largest absolute Gasteiger partial charge is 0.508 e. The van der Waals surface area contributed by atoms with Crippen molar-refractivity contribution in [2.24, 2.45) is 0 Å². The lowest BCUT2D eigenvalue weighted by molar-refractivity contribution is 0.101. The van der Waals surface area contributed by atoms with E-state index >= 15 is 0 Å². The normalized spacial score (nSPS) is 14.1. The van der Waals surface area contributed by atoms with E-state index in [2.05, 4.69) is 4.98 Å². The fourth-order valence-corrected chi connectivity index (χ4v) is 3.88. The summed E-state index contributed by atoms with van der Waals surface area (Å²) in [5, 5.41) is 20.8. The summed E-state index contributed by atoms with van der Waals surface area (Å²) in [6.07, 6.45) is 1.69. The predicted molar refractivity (Wildman–Crippen MR) is 121 cm³/mol. The van der Waals surface area contributed by atoms with Gasteiger partial charge in [0.1, 0.15) is 22.8 Å². The van der Waals surface area contributed by atoms with Crippen LogP contribution >= 0.6 is 0 Å². The number of carbonyl (C=O) groups excluding carboxylic acids is 1. The van der Waals surface area contributed by atoms with Crippen molar-refractivity contribution in [3.8, 4) is 28.5 Å². The fraction of sp³-hybridized carbons (Fsp3) is 0.0800. The Balaban J connectivity index is 1.66. The smallest absolute Gasteiger partial charge is 0.235 e. The summed E-state index contributed by atoms with van der Waals surface area (Å²) < 4.78 is 5.72. The number of allylic oxidation sites excluding steroid dienone is 1. The van der Waals surface area contributed by atoms with Gasteiger partial charge in [-0.15, -0.1) is 0 Å². The standard InChI is InChI=1S/C25H20N2O4/c1-27(2)15-9-7-14(8-10-15)24-18(17-5-3-4-6-19(17)26-24)13-22-25(30)23-20(29)11-16(28)12-21(23)31-22/h3-13,26,28-29H,1-2H3. The van der Waals surface area contributed by atoms with Gasteiger partial charge in [0.05, 0.1) is 5.69 Å². The summed E-state index contributed by atoms with van der Waals surface area (Å²) in [7, 11) is 3.98. The molecule has 4 aromatic rings. The number of ether oxygens (including phenoxy) is 1. The zero-order valence-corrected chi connectivity index (χ0v) is 17.0. The van der Waals surface area contributed by atoms with Gasteiger partial charge in [-0.05, 0) is 29.8 Å². The van der Waals surface area contributed by atoms with Crippen molar-refractivity contribution < 1.29 is 19.7 Å². The zero-order valence-electron chi connectivity index (χ0n) is 17.0. The number of aromatic hydroxyl groups is 2. The van der Waals surface area contributed by atoms with Crippen molar-refractivity contribution in [3.63, 3.8) is 0 Å². The third-order valence-electron chi connectivity index (χ3n) is 5.43. The number of benzene rings is 3. The number of hydrogen-bond donors (Lipinski definition) is 3. The molecule has 0 fully saturated rings. The number of aromatic amines is 1. The van der Waals surface area contributed by atoms with Crippen LogP contribution in [0.3, 0.4) is 0 Å². The van der Waals surface area contributed by atoms with Crippen molar-refractivity contribution in [1.82, 2.24) is 4.98 Å². The minimum absolute atomic E-state index is 0.0563. The molecule has 31 heavy (non-hydrogen) atoms. The van der Waals surface area contributed by atoms with Crippen molar-refractivity contribution in [3.05, 3.63) is 77.5 Å². The van der Waals surface area contributed by atoms with E-state index < -0.39 is 5.78 Å². The topological polar surface area (TPSA) is 85.8 Å². The zero-order chi connectivity index (χ0) is 21.7. The van der Waals surface area contributed by atoms with Crippen LogP contribution in [0.5, 0.6) is 17.2 Å². The summed E-state index contributed by atoms with van der Waals surface area (Å²) >= 11 is 0. The first-order valence-corrected chi connectivity index (χ1v) is 9.81. The number of Topliss-reactive ketones (excluding diaryl/α,β-unsaturated/α-hetero) is 1. The number of aromatic nitrogens is 1. The Bertz CT molecular complexity index is 1360. The number of fused-ring (bicyclic) bond motifs is 2. The summed E-state index contributed by atoms with van der Waals surface area (Å²) in [6, 6.07) is 18.4. The van der Waals surface area contributed by atoms with Crippen molar-refractivity contribution in [1.29, 1.82) is 0 Å². The quantitative estimate of drug-likeness (QED) is 0.416. The van der Waals surface area contributed by atoms with Crippen LogP contribution in [0.15, 0.2) is 66.4 Å². The third-order valence-corrected chi connectivity index (χ3v) is 5.43. The minimum atomic E-state index is -0.424. The van der Waals surface area contributed by atoms with Gasteiger partial charge in [0.15, 0.2) is 5.76 Å². The van der Waals surface area contributed by atoms with E-state index in [1.807, 2.05) is 67.5 Å². The van der Waals surface area contributed by atoms with Crippen LogP contribution in [-0.4, -0.2) is 35.1 Å². The number of ketones is 1. The van der Waals surface area contributed by atoms with Crippen LogP contribution in [0.4, 0.5) is 5.69 Å². The molecule has 0 atom stereocenters. The number of carbonyl (C=O) groups is 1. The third kappa shape index (κ3) is 3.09. The van der Waals surface area contributed by atoms with E-state index in [9.17, 15) is 15.0 Å². The second-order valence-electron chi connectivity index (χ2n) is 7.68. The number of para-hydroxylation sites is 1. The first-order chi connectivity index (χ1) is 14.9. The highest BCUT2D eigenvalue weighted by molar-refractivity contribution is 6.17. The molecule has 5 rings (SSSR count). The van der Waals surface area contributed by atoms with E-state index in [-0.39, 0.29) is 28.6 Å². The molecule has 1 aromatic heterocycles. The average molecular weight is 412 g/mol. The van der Waals surface area contributed by atoms with Gasteiger partial charge >= 0.3 is 0 Å². The van der Waals surface area contributed by atoms with Crippen molar-refractivity contribution in [2.45, 2.75) is 0 Å². The molecule has 0 bridgehead atoms. The molecule has 154 valence electrons. The van der Waals surface area contributed by atoms with Gasteiger partial charge in [-0.3, -0.25) is 4.79 Å². The van der Waals surface area contributed by atoms with Crippen LogP contribution in [0.1, 0.15) is 15.9 Å². The lowest BCUT2D eigenvalue weighted by Gasteiger charge is -2.12. The molecule has 3 N–H and O–H groups in total. The van der Waals surface area contributed by atoms with E-state index in [4.69, 9.17) is 4.74 Å². The van der Waals surface area contributed by atoms with Gasteiger partial charge < -0.3 is 24.8 Å². The molecule has 3 aromatic carbocycles. The lowest BCUT2D eigenvalue weighted by Crippen LogP contribution is -2.07. The van der Waals surface area contributed by atoms with Crippen LogP contribution in [0.2, 0.25) is 0 Å². The van der Waals surface area contributed by atoms with E-state index in [1.54, 1.807) is 6.08 Å². The summed E-state index contributed by atoms with van der Waals surface area (Å²) in [4.78, 5) is 18.4. The summed E-state index contributed by atoms with van der Waals surface area (Å²) in [6.45, 7) is 0. The molecule has 6 nitrogen and oxygen atoms in total. The maximum absolute atomic E-state index is 12.9. The monoisotopic (exact) mass is 412 g/mol. The Morgan fingerprint density at radius 3 is 2.48 bits per heavy atom. The van der Waals surface area contributed by atoms with Gasteiger partial charge in [-0.2, -0.15) is 0 Å². The van der Waals surface area contributed by atoms with Crippen LogP contribution in [0, 0.1) is 0 Å². The minimum Gasteiger partial charge on any atom is -0.508 e. The Morgan fingerprint density at radius 1 is 1.00 bits per heavy atom. The maximum atomic E-state index is 12.9. The Labute approximate surface area is 178 Å². The van der Waals surface area contributed by atoms with Crippen LogP contribution in [0.25, 0.3) is 28.2 Å². The molecule has 6 heteroatoms. The van der Waals surface area contributed by atoms with Gasteiger partial charge in [0.2, 0.25) is 5.78 Å². The number of hydrogen-bond acceptors (Lipinski definition) is 5. The first kappa shape index (κ1) is 18.8. The van der Waals surface area contributed by atoms with Crippen molar-refractivity contribution >= 4 is 28.4 Å². The second-order valence-corrected chi connectivity index (χ2v) is 7.68. The number of rotatable bonds is 3. The second kappa shape index (κ2) is 6.95. The van der Waals surface area contributed by atoms with Gasteiger partial charge in [-0.1, -0.05) is 30.3 Å². The van der Waals surface area contributed by atoms with E-state index in [1.165, 1.54) is 6.07 Å². The molecule has 2 heterocycles. The number of phenolic OH excluding ortho intramolecular Hbond substituents is 2. The molecule has 1 aliphatic rings. The molecule has 1 aliphatic heterocycles. The molecule has 0 amide bonds.